The summed E-state index contributed by atoms with van der Waals surface area (Å²) in [6, 6.07) is 12.7. The predicted octanol–water partition coefficient (Wildman–Crippen LogP) is 4.38. The van der Waals surface area contributed by atoms with Crippen LogP contribution in [0.15, 0.2) is 46.9 Å². The third-order valence-corrected chi connectivity index (χ3v) is 5.40. The van der Waals surface area contributed by atoms with E-state index in [-0.39, 0.29) is 17.7 Å². The molecular weight excluding hydrogens is 380 g/mol. The Labute approximate surface area is 156 Å². The van der Waals surface area contributed by atoms with E-state index in [1.807, 2.05) is 63.2 Å². The minimum absolute atomic E-state index is 0.00908. The Bertz CT molecular complexity index is 832. The van der Waals surface area contributed by atoms with Gasteiger partial charge < -0.3 is 10.2 Å². The lowest BCUT2D eigenvalue weighted by Gasteiger charge is -2.30. The number of nitrogens with zero attached hydrogens (tertiary/aromatic N) is 1. The lowest BCUT2D eigenvalue weighted by Crippen LogP contribution is -2.47. The van der Waals surface area contributed by atoms with Gasteiger partial charge >= 0.3 is 0 Å². The van der Waals surface area contributed by atoms with Gasteiger partial charge in [-0.15, -0.1) is 0 Å². The van der Waals surface area contributed by atoms with Crippen molar-refractivity contribution < 1.29 is 9.59 Å². The second-order valence-corrected chi connectivity index (χ2v) is 7.59. The highest BCUT2D eigenvalue weighted by atomic mass is 79.9. The second kappa shape index (κ2) is 7.00. The molecular formula is C20H21BrN2O2. The van der Waals surface area contributed by atoms with Crippen molar-refractivity contribution in [1.82, 2.24) is 4.90 Å². The molecule has 0 aliphatic carbocycles. The first-order chi connectivity index (χ1) is 11.9. The van der Waals surface area contributed by atoms with Gasteiger partial charge in [-0.05, 0) is 48.2 Å². The van der Waals surface area contributed by atoms with E-state index in [1.54, 1.807) is 4.90 Å². The monoisotopic (exact) mass is 400 g/mol. The number of nitrogens with one attached hydrogen (secondary N) is 1. The summed E-state index contributed by atoms with van der Waals surface area (Å²) >= 11 is 3.46. The van der Waals surface area contributed by atoms with E-state index in [1.165, 1.54) is 0 Å². The molecule has 0 spiro atoms. The van der Waals surface area contributed by atoms with Crippen LogP contribution in [0.25, 0.3) is 0 Å². The molecule has 1 unspecified atom stereocenters. The summed E-state index contributed by atoms with van der Waals surface area (Å²) < 4.78 is 0.996. The molecule has 25 heavy (non-hydrogen) atoms. The van der Waals surface area contributed by atoms with Crippen LogP contribution in [-0.2, 0) is 11.3 Å². The summed E-state index contributed by atoms with van der Waals surface area (Å²) in [5.74, 6) is -0.218. The number of fused-ring (bicyclic) bond motifs is 1. The topological polar surface area (TPSA) is 49.4 Å². The Morgan fingerprint density at radius 1 is 1.20 bits per heavy atom. The Hall–Kier alpha value is -2.14. The van der Waals surface area contributed by atoms with Crippen LogP contribution in [0.5, 0.6) is 0 Å². The maximum absolute atomic E-state index is 12.9. The number of benzene rings is 2. The molecule has 1 atom stereocenters. The van der Waals surface area contributed by atoms with Crippen molar-refractivity contribution in [3.05, 3.63) is 63.6 Å². The van der Waals surface area contributed by atoms with Gasteiger partial charge in [0.25, 0.3) is 5.91 Å². The van der Waals surface area contributed by atoms with Crippen molar-refractivity contribution in [3.8, 4) is 0 Å². The Morgan fingerprint density at radius 2 is 1.92 bits per heavy atom. The van der Waals surface area contributed by atoms with Crippen LogP contribution in [-0.4, -0.2) is 22.8 Å². The van der Waals surface area contributed by atoms with E-state index in [0.717, 1.165) is 21.3 Å². The number of rotatable bonds is 4. The summed E-state index contributed by atoms with van der Waals surface area (Å²) in [7, 11) is 0. The molecule has 3 rings (SSSR count). The third-order valence-electron chi connectivity index (χ3n) is 4.51. The minimum Gasteiger partial charge on any atom is -0.324 e. The van der Waals surface area contributed by atoms with Gasteiger partial charge in [-0.3, -0.25) is 9.59 Å². The first kappa shape index (κ1) is 17.7. The van der Waals surface area contributed by atoms with Gasteiger partial charge in [0, 0.05) is 22.3 Å². The molecule has 130 valence electrons. The summed E-state index contributed by atoms with van der Waals surface area (Å²) in [6.45, 7) is 6.38. The molecule has 0 saturated carbocycles. The standard InChI is InChI=1S/C20H21BrN2O2/c1-12(2)18(19(24)22-15-8-9-17(21)13(3)10-15)23-11-14-6-4-5-7-16(14)20(23)25/h4-10,12,18H,11H2,1-3H3,(H,22,24). The van der Waals surface area contributed by atoms with Crippen LogP contribution in [0.2, 0.25) is 0 Å². The molecule has 0 aromatic heterocycles. The SMILES string of the molecule is Cc1cc(NC(=O)C(C(C)C)N2Cc3ccccc3C2=O)ccc1Br. The summed E-state index contributed by atoms with van der Waals surface area (Å²) in [5.41, 5.74) is 3.45. The molecule has 2 aromatic carbocycles. The van der Waals surface area contributed by atoms with Gasteiger partial charge in [-0.25, -0.2) is 0 Å². The first-order valence-electron chi connectivity index (χ1n) is 8.34. The highest BCUT2D eigenvalue weighted by molar-refractivity contribution is 9.10. The van der Waals surface area contributed by atoms with Crippen LogP contribution in [0.1, 0.15) is 35.3 Å². The zero-order chi connectivity index (χ0) is 18.1. The Kier molecular flexibility index (Phi) is 4.95. The van der Waals surface area contributed by atoms with E-state index in [9.17, 15) is 9.59 Å². The van der Waals surface area contributed by atoms with Gasteiger partial charge in [-0.1, -0.05) is 48.0 Å². The lowest BCUT2D eigenvalue weighted by molar-refractivity contribution is -0.122. The summed E-state index contributed by atoms with van der Waals surface area (Å²) in [5, 5.41) is 2.96. The molecule has 5 heteroatoms. The zero-order valence-electron chi connectivity index (χ0n) is 14.5. The van der Waals surface area contributed by atoms with Crippen molar-refractivity contribution in [2.45, 2.75) is 33.4 Å². The van der Waals surface area contributed by atoms with Crippen molar-refractivity contribution >= 4 is 33.4 Å². The van der Waals surface area contributed by atoms with E-state index in [2.05, 4.69) is 21.2 Å². The molecule has 0 radical (unpaired) electrons. The number of amides is 2. The van der Waals surface area contributed by atoms with Gasteiger partial charge in [0.2, 0.25) is 5.91 Å². The molecule has 0 saturated heterocycles. The number of halogens is 1. The fourth-order valence-corrected chi connectivity index (χ4v) is 3.49. The van der Waals surface area contributed by atoms with E-state index < -0.39 is 6.04 Å². The molecule has 2 aromatic rings. The number of hydrogen-bond donors (Lipinski definition) is 1. The van der Waals surface area contributed by atoms with Gasteiger partial charge in [-0.2, -0.15) is 0 Å². The van der Waals surface area contributed by atoms with Crippen LogP contribution in [0.3, 0.4) is 0 Å². The molecule has 1 aliphatic heterocycles. The fourth-order valence-electron chi connectivity index (χ4n) is 3.24. The predicted molar refractivity (Wildman–Crippen MR) is 102 cm³/mol. The highest BCUT2D eigenvalue weighted by Crippen LogP contribution is 2.28. The maximum atomic E-state index is 12.9. The molecule has 0 bridgehead atoms. The molecule has 1 N–H and O–H groups in total. The Morgan fingerprint density at radius 3 is 2.56 bits per heavy atom. The fraction of sp³-hybridized carbons (Fsp3) is 0.300. The largest absolute Gasteiger partial charge is 0.324 e. The average Bonchev–Trinajstić information content (AvgIpc) is 2.88. The highest BCUT2D eigenvalue weighted by Gasteiger charge is 2.37. The molecule has 2 amide bonds. The van der Waals surface area contributed by atoms with Gasteiger partial charge in [0.1, 0.15) is 6.04 Å². The smallest absolute Gasteiger partial charge is 0.255 e. The second-order valence-electron chi connectivity index (χ2n) is 6.73. The Balaban J connectivity index is 1.83. The lowest BCUT2D eigenvalue weighted by atomic mass is 10.0. The van der Waals surface area contributed by atoms with Crippen LogP contribution in [0.4, 0.5) is 5.69 Å². The number of hydrogen-bond acceptors (Lipinski definition) is 2. The van der Waals surface area contributed by atoms with Crippen molar-refractivity contribution in [3.63, 3.8) is 0 Å². The zero-order valence-corrected chi connectivity index (χ0v) is 16.1. The van der Waals surface area contributed by atoms with E-state index in [4.69, 9.17) is 0 Å². The summed E-state index contributed by atoms with van der Waals surface area (Å²) in [4.78, 5) is 27.3. The normalized spacial score (nSPS) is 14.6. The number of carbonyl (C=O) groups is 2. The van der Waals surface area contributed by atoms with E-state index in [0.29, 0.717) is 12.1 Å². The molecule has 4 nitrogen and oxygen atoms in total. The van der Waals surface area contributed by atoms with Gasteiger partial charge in [0.15, 0.2) is 0 Å². The number of anilines is 1. The third kappa shape index (κ3) is 3.47. The van der Waals surface area contributed by atoms with Crippen molar-refractivity contribution in [1.29, 1.82) is 0 Å². The molecule has 1 heterocycles. The number of carbonyl (C=O) groups excluding carboxylic acids is 2. The van der Waals surface area contributed by atoms with Crippen LogP contribution < -0.4 is 5.32 Å². The first-order valence-corrected chi connectivity index (χ1v) is 9.13. The minimum atomic E-state index is -0.510. The van der Waals surface area contributed by atoms with E-state index >= 15 is 0 Å². The maximum Gasteiger partial charge on any atom is 0.255 e. The molecule has 1 aliphatic rings. The average molecular weight is 401 g/mol. The van der Waals surface area contributed by atoms with Gasteiger partial charge in [0.05, 0.1) is 0 Å². The quantitative estimate of drug-likeness (QED) is 0.827. The van der Waals surface area contributed by atoms with Crippen molar-refractivity contribution in [2.75, 3.05) is 5.32 Å². The molecule has 0 fully saturated rings. The van der Waals surface area contributed by atoms with Crippen LogP contribution in [0, 0.1) is 12.8 Å². The van der Waals surface area contributed by atoms with Crippen molar-refractivity contribution in [2.24, 2.45) is 5.92 Å². The number of aryl methyl sites for hydroxylation is 1. The summed E-state index contributed by atoms with van der Waals surface area (Å²) in [6.07, 6.45) is 0. The van der Waals surface area contributed by atoms with Crippen LogP contribution >= 0.6 is 15.9 Å².